The summed E-state index contributed by atoms with van der Waals surface area (Å²) in [5.41, 5.74) is 2.52. The van der Waals surface area contributed by atoms with Crippen LogP contribution in [0.4, 0.5) is 0 Å². The molecular formula is C25H14N4O5. The summed E-state index contributed by atoms with van der Waals surface area (Å²) in [6.45, 7) is -0.440. The van der Waals surface area contributed by atoms with Gasteiger partial charge in [-0.3, -0.25) is 38.9 Å². The average Bonchev–Trinajstić information content (AvgIpc) is 2.86. The molecule has 0 atom stereocenters. The lowest BCUT2D eigenvalue weighted by atomic mass is 9.86. The zero-order valence-electron chi connectivity index (χ0n) is 17.7. The van der Waals surface area contributed by atoms with Crippen LogP contribution in [-0.4, -0.2) is 68.7 Å². The zero-order valence-corrected chi connectivity index (χ0v) is 17.7. The van der Waals surface area contributed by atoms with Gasteiger partial charge < -0.3 is 5.11 Å². The Hall–Kier alpha value is -4.50. The number of carbonyl (C=O) groups excluding carboxylic acids is 4. The Morgan fingerprint density at radius 1 is 0.676 bits per heavy atom. The highest BCUT2D eigenvalue weighted by molar-refractivity contribution is 6.39. The fourth-order valence-electron chi connectivity index (χ4n) is 5.40. The average molecular weight is 450 g/mol. The van der Waals surface area contributed by atoms with E-state index in [-0.39, 0.29) is 24.6 Å². The molecule has 0 unspecified atom stereocenters. The smallest absolute Gasteiger partial charge is 0.263 e. The summed E-state index contributed by atoms with van der Waals surface area (Å²) >= 11 is 0. The Balaban J connectivity index is 1.69. The fraction of sp³-hybridized carbons (Fsp3) is 0.120. The van der Waals surface area contributed by atoms with Crippen molar-refractivity contribution in [1.29, 1.82) is 0 Å². The molecule has 34 heavy (non-hydrogen) atoms. The van der Waals surface area contributed by atoms with Gasteiger partial charge in [-0.15, -0.1) is 0 Å². The molecule has 0 spiro atoms. The summed E-state index contributed by atoms with van der Waals surface area (Å²) in [6, 6.07) is 6.86. The van der Waals surface area contributed by atoms with Crippen LogP contribution in [-0.2, 0) is 0 Å². The number of carbonyl (C=O) groups is 4. The first-order valence-electron chi connectivity index (χ1n) is 10.7. The van der Waals surface area contributed by atoms with Crippen molar-refractivity contribution < 1.29 is 24.3 Å². The fourth-order valence-corrected chi connectivity index (χ4v) is 5.40. The second kappa shape index (κ2) is 6.09. The van der Waals surface area contributed by atoms with Gasteiger partial charge in [-0.05, 0) is 12.1 Å². The van der Waals surface area contributed by atoms with E-state index in [9.17, 15) is 24.3 Å². The lowest BCUT2D eigenvalue weighted by molar-refractivity contribution is 0.0577. The highest BCUT2D eigenvalue weighted by Crippen LogP contribution is 2.44. The first-order valence-corrected chi connectivity index (χ1v) is 10.7. The van der Waals surface area contributed by atoms with E-state index in [0.29, 0.717) is 60.0 Å². The van der Waals surface area contributed by atoms with Crippen LogP contribution in [0.3, 0.4) is 0 Å². The van der Waals surface area contributed by atoms with Gasteiger partial charge in [-0.25, -0.2) is 0 Å². The molecule has 0 fully saturated rings. The summed E-state index contributed by atoms with van der Waals surface area (Å²) < 4.78 is 0. The third kappa shape index (κ3) is 1.99. The summed E-state index contributed by atoms with van der Waals surface area (Å²) in [6.07, 6.45) is 2.92. The first-order chi connectivity index (χ1) is 16.4. The predicted molar refractivity (Wildman–Crippen MR) is 122 cm³/mol. The largest absolute Gasteiger partial charge is 0.395 e. The number of fused-ring (bicyclic) bond motifs is 2. The van der Waals surface area contributed by atoms with E-state index >= 15 is 0 Å². The molecule has 0 aliphatic carbocycles. The van der Waals surface area contributed by atoms with Gasteiger partial charge in [0.2, 0.25) is 0 Å². The molecule has 1 N–H and O–H groups in total. The van der Waals surface area contributed by atoms with Gasteiger partial charge in [0, 0.05) is 62.9 Å². The van der Waals surface area contributed by atoms with Crippen molar-refractivity contribution >= 4 is 67.0 Å². The van der Waals surface area contributed by atoms with Crippen LogP contribution >= 0.6 is 0 Å². The maximum Gasteiger partial charge on any atom is 0.263 e. The summed E-state index contributed by atoms with van der Waals surface area (Å²) in [5, 5.41) is 13.0. The Labute approximate surface area is 190 Å². The van der Waals surface area contributed by atoms with E-state index in [1.807, 2.05) is 0 Å². The molecule has 9 heteroatoms. The van der Waals surface area contributed by atoms with Crippen molar-refractivity contribution in [3.8, 4) is 0 Å². The van der Waals surface area contributed by atoms with Gasteiger partial charge in [0.05, 0.1) is 35.3 Å². The molecule has 0 bridgehead atoms. The molecule has 5 aromatic rings. The quantitative estimate of drug-likeness (QED) is 0.249. The van der Waals surface area contributed by atoms with E-state index in [2.05, 4.69) is 9.97 Å². The maximum absolute atomic E-state index is 13.1. The third-order valence-electron chi connectivity index (χ3n) is 6.92. The number of nitrogens with zero attached hydrogens (tertiary/aromatic N) is 4. The highest BCUT2D eigenvalue weighted by Gasteiger charge is 2.36. The number of hydrogen-bond acceptors (Lipinski definition) is 7. The van der Waals surface area contributed by atoms with Gasteiger partial charge in [0.25, 0.3) is 23.6 Å². The molecule has 2 aliphatic heterocycles. The standard InChI is InChI=1S/C25H14N4O5/c1-28-22(31)12-4-2-10-18-16(12)14(23(28)32)8-26-20(18)11-3-5-13-17-15(9-27-21(10)19(11)17)25(34)29(6-7-30)24(13)33/h2-5,8-9,30H,6-7H2,1H3. The normalized spacial score (nSPS) is 15.7. The minimum atomic E-state index is -0.508. The van der Waals surface area contributed by atoms with Crippen molar-refractivity contribution in [3.05, 3.63) is 58.9 Å². The van der Waals surface area contributed by atoms with Gasteiger partial charge in [0.15, 0.2) is 0 Å². The number of aliphatic hydroxyl groups is 1. The molecule has 164 valence electrons. The van der Waals surface area contributed by atoms with Crippen molar-refractivity contribution in [2.75, 3.05) is 20.2 Å². The molecule has 0 saturated heterocycles. The number of benzene rings is 3. The summed E-state index contributed by atoms with van der Waals surface area (Å²) in [5.74, 6) is -1.78. The Kier molecular flexibility index (Phi) is 3.40. The van der Waals surface area contributed by atoms with Crippen molar-refractivity contribution in [2.24, 2.45) is 0 Å². The van der Waals surface area contributed by atoms with Crippen LogP contribution in [0, 0.1) is 0 Å². The molecule has 9 nitrogen and oxygen atoms in total. The molecular weight excluding hydrogens is 436 g/mol. The number of aromatic nitrogens is 2. The molecule has 4 heterocycles. The molecule has 4 amide bonds. The van der Waals surface area contributed by atoms with E-state index in [1.54, 1.807) is 24.3 Å². The van der Waals surface area contributed by atoms with E-state index in [0.717, 1.165) is 9.80 Å². The number of β-amino-alcohol motifs (C(OH)–C–C–N with tert-alkyl or cyclic N) is 1. The van der Waals surface area contributed by atoms with Gasteiger partial charge in [0.1, 0.15) is 0 Å². The zero-order chi connectivity index (χ0) is 23.5. The van der Waals surface area contributed by atoms with Crippen LogP contribution in [0.1, 0.15) is 41.4 Å². The number of rotatable bonds is 2. The number of imide groups is 2. The number of aliphatic hydroxyl groups excluding tert-OH is 1. The lowest BCUT2D eigenvalue weighted by Crippen LogP contribution is -2.42. The molecule has 7 rings (SSSR count). The third-order valence-corrected chi connectivity index (χ3v) is 6.92. The Morgan fingerprint density at radius 2 is 1.15 bits per heavy atom. The van der Waals surface area contributed by atoms with Gasteiger partial charge in [-0.1, -0.05) is 12.1 Å². The van der Waals surface area contributed by atoms with Crippen LogP contribution < -0.4 is 0 Å². The monoisotopic (exact) mass is 450 g/mol. The topological polar surface area (TPSA) is 121 Å². The van der Waals surface area contributed by atoms with Gasteiger partial charge >= 0.3 is 0 Å². The summed E-state index contributed by atoms with van der Waals surface area (Å²) in [4.78, 5) is 63.1. The second-order valence-corrected chi connectivity index (χ2v) is 8.52. The Morgan fingerprint density at radius 3 is 1.71 bits per heavy atom. The van der Waals surface area contributed by atoms with Crippen molar-refractivity contribution in [2.45, 2.75) is 0 Å². The maximum atomic E-state index is 13.1. The van der Waals surface area contributed by atoms with Crippen molar-refractivity contribution in [3.63, 3.8) is 0 Å². The number of amides is 4. The van der Waals surface area contributed by atoms with Crippen LogP contribution in [0.2, 0.25) is 0 Å². The first kappa shape index (κ1) is 19.0. The van der Waals surface area contributed by atoms with Crippen LogP contribution in [0.5, 0.6) is 0 Å². The van der Waals surface area contributed by atoms with E-state index in [4.69, 9.17) is 0 Å². The minimum absolute atomic E-state index is 0.103. The van der Waals surface area contributed by atoms with E-state index in [1.165, 1.54) is 19.4 Å². The number of hydrogen-bond donors (Lipinski definition) is 1. The van der Waals surface area contributed by atoms with Gasteiger partial charge in [-0.2, -0.15) is 0 Å². The van der Waals surface area contributed by atoms with E-state index < -0.39 is 17.7 Å². The molecule has 3 aromatic carbocycles. The Bertz CT molecular complexity index is 1710. The molecule has 0 radical (unpaired) electrons. The van der Waals surface area contributed by atoms with Crippen molar-refractivity contribution in [1.82, 2.24) is 19.8 Å². The highest BCUT2D eigenvalue weighted by atomic mass is 16.3. The van der Waals surface area contributed by atoms with Crippen LogP contribution in [0.25, 0.3) is 43.4 Å². The number of pyridine rings is 2. The molecule has 2 aliphatic rings. The second-order valence-electron chi connectivity index (χ2n) is 8.52. The predicted octanol–water partition coefficient (Wildman–Crippen LogP) is 2.34. The minimum Gasteiger partial charge on any atom is -0.395 e. The molecule has 2 aromatic heterocycles. The lowest BCUT2D eigenvalue weighted by Gasteiger charge is -2.28. The van der Waals surface area contributed by atoms with Crippen LogP contribution in [0.15, 0.2) is 36.7 Å². The summed E-state index contributed by atoms with van der Waals surface area (Å²) in [7, 11) is 1.44. The SMILES string of the molecule is CN1C(=O)c2ccc3c4ncc5c6c(ccc(c7ncc(c2c37)C1=O)c64)C(=O)N(CCO)C5=O. The molecule has 0 saturated carbocycles.